The number of carboxylic acids is 1. The van der Waals surface area contributed by atoms with E-state index in [2.05, 4.69) is 21.8 Å². The Kier molecular flexibility index (Phi) is 7.30. The quantitative estimate of drug-likeness (QED) is 0.613. The van der Waals surface area contributed by atoms with E-state index in [9.17, 15) is 14.3 Å². The van der Waals surface area contributed by atoms with Crippen LogP contribution in [0.2, 0.25) is 5.02 Å². The smallest absolute Gasteiger partial charge is 0.305 e. The SMILES string of the molecule is COc1cc(N2CCC(Oc3ncc(N4CCC(C)C4CC(=O)O)cc3F)C(C)C2)c(Cl)cn1. The number of pyridine rings is 2. The maximum atomic E-state index is 15.0. The summed E-state index contributed by atoms with van der Waals surface area (Å²) >= 11 is 6.35. The van der Waals surface area contributed by atoms with Gasteiger partial charge in [-0.25, -0.2) is 14.4 Å². The number of piperidine rings is 1. The number of hydrogen-bond acceptors (Lipinski definition) is 7. The summed E-state index contributed by atoms with van der Waals surface area (Å²) in [4.78, 5) is 23.7. The van der Waals surface area contributed by atoms with Crippen molar-refractivity contribution in [2.45, 2.75) is 45.3 Å². The third kappa shape index (κ3) is 5.14. The molecule has 10 heteroatoms. The summed E-state index contributed by atoms with van der Waals surface area (Å²) < 4.78 is 26.2. The Hall–Kier alpha value is -2.81. The second-order valence-corrected chi connectivity index (χ2v) is 9.56. The molecule has 2 aliphatic heterocycles. The van der Waals surface area contributed by atoms with Gasteiger partial charge in [0.15, 0.2) is 5.82 Å². The monoisotopic (exact) mass is 492 g/mol. The normalized spacial score (nSPS) is 24.9. The molecule has 0 amide bonds. The fourth-order valence-corrected chi connectivity index (χ4v) is 5.13. The Morgan fingerprint density at radius 1 is 1.21 bits per heavy atom. The molecule has 0 bridgehead atoms. The van der Waals surface area contributed by atoms with Gasteiger partial charge in [0.25, 0.3) is 5.88 Å². The molecule has 0 saturated carbocycles. The average molecular weight is 493 g/mol. The van der Waals surface area contributed by atoms with Crippen LogP contribution in [0.25, 0.3) is 0 Å². The first kappa shape index (κ1) is 24.3. The predicted octanol–water partition coefficient (Wildman–Crippen LogP) is 4.26. The lowest BCUT2D eigenvalue weighted by Gasteiger charge is -2.38. The minimum Gasteiger partial charge on any atom is -0.481 e. The second-order valence-electron chi connectivity index (χ2n) is 9.15. The maximum absolute atomic E-state index is 15.0. The molecule has 4 rings (SSSR count). The number of halogens is 2. The second kappa shape index (κ2) is 10.2. The maximum Gasteiger partial charge on any atom is 0.305 e. The summed E-state index contributed by atoms with van der Waals surface area (Å²) in [5.41, 5.74) is 1.44. The molecule has 0 spiro atoms. The van der Waals surface area contributed by atoms with Crippen LogP contribution in [0.3, 0.4) is 0 Å². The molecule has 2 aromatic heterocycles. The highest BCUT2D eigenvalue weighted by Gasteiger charge is 2.34. The average Bonchev–Trinajstić information content (AvgIpc) is 3.16. The van der Waals surface area contributed by atoms with Crippen LogP contribution in [0.1, 0.15) is 33.1 Å². The number of carboxylic acid groups (broad SMARTS) is 1. The summed E-state index contributed by atoms with van der Waals surface area (Å²) in [6.07, 6.45) is 4.51. The zero-order chi connectivity index (χ0) is 24.4. The van der Waals surface area contributed by atoms with E-state index >= 15 is 0 Å². The summed E-state index contributed by atoms with van der Waals surface area (Å²) in [6, 6.07) is 3.04. The molecule has 4 unspecified atom stereocenters. The largest absolute Gasteiger partial charge is 0.481 e. The number of hydrogen-bond donors (Lipinski definition) is 1. The van der Waals surface area contributed by atoms with Crippen molar-refractivity contribution in [1.82, 2.24) is 9.97 Å². The zero-order valence-corrected chi connectivity index (χ0v) is 20.3. The van der Waals surface area contributed by atoms with E-state index in [1.807, 2.05) is 17.9 Å². The lowest BCUT2D eigenvalue weighted by molar-refractivity contribution is -0.137. The molecular formula is C24H30ClFN4O4. The van der Waals surface area contributed by atoms with E-state index in [1.165, 1.54) is 6.07 Å². The molecule has 184 valence electrons. The number of anilines is 2. The molecule has 4 atom stereocenters. The number of aliphatic carboxylic acids is 1. The number of rotatable bonds is 7. The van der Waals surface area contributed by atoms with E-state index < -0.39 is 11.8 Å². The molecule has 34 heavy (non-hydrogen) atoms. The van der Waals surface area contributed by atoms with Crippen molar-refractivity contribution in [2.24, 2.45) is 11.8 Å². The molecule has 2 aromatic rings. The van der Waals surface area contributed by atoms with Crippen LogP contribution >= 0.6 is 11.6 Å². The summed E-state index contributed by atoms with van der Waals surface area (Å²) in [7, 11) is 1.56. The van der Waals surface area contributed by atoms with E-state index in [-0.39, 0.29) is 36.3 Å². The van der Waals surface area contributed by atoms with Crippen LogP contribution in [0, 0.1) is 17.7 Å². The highest BCUT2D eigenvalue weighted by molar-refractivity contribution is 6.33. The van der Waals surface area contributed by atoms with Gasteiger partial charge in [0.1, 0.15) is 6.10 Å². The standard InChI is InChI=1S/C24H30ClFN4O4/c1-14-4-7-30(19(14)10-23(31)32)16-8-18(26)24(28-11-16)34-21-5-6-29(13-15(21)2)20-9-22(33-3)27-12-17(20)25/h8-9,11-12,14-15,19,21H,4-7,10,13H2,1-3H3,(H,31,32). The Labute approximate surface area is 203 Å². The van der Waals surface area contributed by atoms with Gasteiger partial charge in [-0.3, -0.25) is 4.79 Å². The van der Waals surface area contributed by atoms with Gasteiger partial charge in [0.2, 0.25) is 5.88 Å². The van der Waals surface area contributed by atoms with E-state index in [0.717, 1.165) is 12.1 Å². The summed E-state index contributed by atoms with van der Waals surface area (Å²) in [5, 5.41) is 9.79. The molecule has 0 radical (unpaired) electrons. The molecule has 2 fully saturated rings. The zero-order valence-electron chi connectivity index (χ0n) is 19.6. The fraction of sp³-hybridized carbons (Fsp3) is 0.542. The van der Waals surface area contributed by atoms with Crippen LogP contribution in [0.4, 0.5) is 15.8 Å². The molecular weight excluding hydrogens is 463 g/mol. The molecule has 4 heterocycles. The van der Waals surface area contributed by atoms with Crippen molar-refractivity contribution in [3.05, 3.63) is 35.4 Å². The highest BCUT2D eigenvalue weighted by Crippen LogP contribution is 2.35. The van der Waals surface area contributed by atoms with Gasteiger partial charge < -0.3 is 24.4 Å². The van der Waals surface area contributed by atoms with Crippen LogP contribution in [0.15, 0.2) is 24.5 Å². The van der Waals surface area contributed by atoms with Crippen LogP contribution in [-0.2, 0) is 4.79 Å². The molecule has 8 nitrogen and oxygen atoms in total. The van der Waals surface area contributed by atoms with Gasteiger partial charge in [-0.2, -0.15) is 0 Å². The number of ether oxygens (including phenoxy) is 2. The molecule has 0 aliphatic carbocycles. The van der Waals surface area contributed by atoms with Crippen molar-refractivity contribution < 1.29 is 23.8 Å². The van der Waals surface area contributed by atoms with Crippen LogP contribution in [0.5, 0.6) is 11.8 Å². The van der Waals surface area contributed by atoms with Gasteiger partial charge in [0.05, 0.1) is 42.3 Å². The van der Waals surface area contributed by atoms with E-state index in [4.69, 9.17) is 21.1 Å². The van der Waals surface area contributed by atoms with E-state index in [1.54, 1.807) is 19.5 Å². The minimum atomic E-state index is -0.857. The van der Waals surface area contributed by atoms with Crippen molar-refractivity contribution in [3.8, 4) is 11.8 Å². The summed E-state index contributed by atoms with van der Waals surface area (Å²) in [6.45, 7) is 6.12. The predicted molar refractivity (Wildman–Crippen MR) is 128 cm³/mol. The van der Waals surface area contributed by atoms with Gasteiger partial charge in [-0.05, 0) is 12.3 Å². The minimum absolute atomic E-state index is 0.0183. The Bertz CT molecular complexity index is 1040. The molecule has 2 aliphatic rings. The van der Waals surface area contributed by atoms with Crippen LogP contribution < -0.4 is 19.3 Å². The Morgan fingerprint density at radius 3 is 2.68 bits per heavy atom. The third-order valence-corrected chi connectivity index (χ3v) is 7.13. The number of nitrogens with zero attached hydrogens (tertiary/aromatic N) is 4. The lowest BCUT2D eigenvalue weighted by Crippen LogP contribution is -2.44. The first-order valence-corrected chi connectivity index (χ1v) is 11.9. The Balaban J connectivity index is 1.42. The van der Waals surface area contributed by atoms with E-state index in [0.29, 0.717) is 42.6 Å². The van der Waals surface area contributed by atoms with Gasteiger partial charge >= 0.3 is 5.97 Å². The third-order valence-electron chi connectivity index (χ3n) is 6.84. The molecule has 1 N–H and O–H groups in total. The van der Waals surface area contributed by atoms with Crippen molar-refractivity contribution in [1.29, 1.82) is 0 Å². The number of aromatic nitrogens is 2. The van der Waals surface area contributed by atoms with Crippen molar-refractivity contribution >= 4 is 28.9 Å². The highest BCUT2D eigenvalue weighted by atomic mass is 35.5. The number of methoxy groups -OCH3 is 1. The fourth-order valence-electron chi connectivity index (χ4n) is 4.90. The molecule has 0 aromatic carbocycles. The number of carbonyl (C=O) groups is 1. The first-order chi connectivity index (χ1) is 16.3. The topological polar surface area (TPSA) is 88.0 Å². The lowest BCUT2D eigenvalue weighted by atomic mass is 9.96. The van der Waals surface area contributed by atoms with Crippen molar-refractivity contribution in [2.75, 3.05) is 36.5 Å². The summed E-state index contributed by atoms with van der Waals surface area (Å²) in [5.74, 6) is -0.611. The molecule has 2 saturated heterocycles. The Morgan fingerprint density at radius 2 is 2.00 bits per heavy atom. The first-order valence-electron chi connectivity index (χ1n) is 11.5. The van der Waals surface area contributed by atoms with Crippen LogP contribution in [-0.4, -0.2) is 59.9 Å². The van der Waals surface area contributed by atoms with Gasteiger partial charge in [-0.1, -0.05) is 25.4 Å². The van der Waals surface area contributed by atoms with Gasteiger partial charge in [0, 0.05) is 50.1 Å². The van der Waals surface area contributed by atoms with Gasteiger partial charge in [-0.15, -0.1) is 0 Å². The van der Waals surface area contributed by atoms with Crippen molar-refractivity contribution in [3.63, 3.8) is 0 Å².